The SMILES string of the molecule is CCOC(=O)C1=Nc2ccccc2/C1=C\c1sc(N)nc1O. The van der Waals surface area contributed by atoms with Crippen LogP contribution in [0.4, 0.5) is 10.8 Å². The highest BCUT2D eigenvalue weighted by Crippen LogP contribution is 2.38. The standard InChI is InChI=1S/C15H13N3O3S/c1-2-21-14(20)12-9(7-11-13(19)18-15(16)22-11)8-5-3-4-6-10(8)17-12/h3-7,19H,2H2,1H3,(H2,16,18)/b9-7+. The molecule has 0 radical (unpaired) electrons. The van der Waals surface area contributed by atoms with Crippen LogP contribution < -0.4 is 5.73 Å². The van der Waals surface area contributed by atoms with Crippen LogP contribution in [0.15, 0.2) is 29.3 Å². The summed E-state index contributed by atoms with van der Waals surface area (Å²) in [6.07, 6.45) is 1.66. The fourth-order valence-corrected chi connectivity index (χ4v) is 2.85. The number of hydrogen-bond acceptors (Lipinski definition) is 7. The molecular formula is C15H13N3O3S. The van der Waals surface area contributed by atoms with Crippen LogP contribution in [0.3, 0.4) is 0 Å². The van der Waals surface area contributed by atoms with Gasteiger partial charge in [0, 0.05) is 11.1 Å². The van der Waals surface area contributed by atoms with Crippen LogP contribution in [0.25, 0.3) is 11.6 Å². The molecule has 3 N–H and O–H groups in total. The van der Waals surface area contributed by atoms with Gasteiger partial charge in [0.1, 0.15) is 0 Å². The highest BCUT2D eigenvalue weighted by molar-refractivity contribution is 7.16. The van der Waals surface area contributed by atoms with Gasteiger partial charge >= 0.3 is 5.97 Å². The third-order valence-corrected chi connectivity index (χ3v) is 3.90. The van der Waals surface area contributed by atoms with E-state index in [1.807, 2.05) is 24.3 Å². The van der Waals surface area contributed by atoms with Gasteiger partial charge in [-0.2, -0.15) is 4.98 Å². The summed E-state index contributed by atoms with van der Waals surface area (Å²) in [5.74, 6) is -0.662. The number of benzene rings is 1. The van der Waals surface area contributed by atoms with Gasteiger partial charge in [-0.25, -0.2) is 9.79 Å². The summed E-state index contributed by atoms with van der Waals surface area (Å²) in [6, 6.07) is 7.38. The molecule has 22 heavy (non-hydrogen) atoms. The number of aliphatic imine (C=N–C) groups is 1. The predicted molar refractivity (Wildman–Crippen MR) is 86.2 cm³/mol. The van der Waals surface area contributed by atoms with Gasteiger partial charge in [-0.3, -0.25) is 0 Å². The lowest BCUT2D eigenvalue weighted by Crippen LogP contribution is -2.16. The van der Waals surface area contributed by atoms with Gasteiger partial charge in [0.2, 0.25) is 5.88 Å². The van der Waals surface area contributed by atoms with E-state index in [2.05, 4.69) is 9.98 Å². The zero-order valence-corrected chi connectivity index (χ0v) is 12.6. The second-order valence-electron chi connectivity index (χ2n) is 4.50. The van der Waals surface area contributed by atoms with Crippen molar-refractivity contribution in [1.82, 2.24) is 4.98 Å². The van der Waals surface area contributed by atoms with Gasteiger partial charge in [0.25, 0.3) is 0 Å². The minimum Gasteiger partial charge on any atom is -0.492 e. The van der Waals surface area contributed by atoms with Crippen LogP contribution >= 0.6 is 11.3 Å². The van der Waals surface area contributed by atoms with Crippen molar-refractivity contribution in [3.8, 4) is 5.88 Å². The van der Waals surface area contributed by atoms with Crippen LogP contribution in [-0.4, -0.2) is 28.4 Å². The van der Waals surface area contributed by atoms with Gasteiger partial charge in [0.05, 0.1) is 17.2 Å². The van der Waals surface area contributed by atoms with Crippen molar-refractivity contribution in [2.45, 2.75) is 6.92 Å². The number of para-hydroxylation sites is 1. The van der Waals surface area contributed by atoms with Crippen molar-refractivity contribution in [2.24, 2.45) is 4.99 Å². The van der Waals surface area contributed by atoms with E-state index >= 15 is 0 Å². The first-order valence-electron chi connectivity index (χ1n) is 6.62. The Morgan fingerprint density at radius 2 is 2.23 bits per heavy atom. The molecule has 2 heterocycles. The number of ether oxygens (including phenoxy) is 1. The number of thiazole rings is 1. The number of nitrogen functional groups attached to an aromatic ring is 1. The van der Waals surface area contributed by atoms with E-state index in [4.69, 9.17) is 10.5 Å². The summed E-state index contributed by atoms with van der Waals surface area (Å²) in [5, 5.41) is 10.0. The molecule has 0 saturated carbocycles. The Labute approximate surface area is 130 Å². The van der Waals surface area contributed by atoms with Crippen LogP contribution in [0.2, 0.25) is 0 Å². The molecule has 1 aromatic carbocycles. The summed E-state index contributed by atoms with van der Waals surface area (Å²) < 4.78 is 5.05. The maximum atomic E-state index is 12.1. The Balaban J connectivity index is 2.11. The molecule has 0 saturated heterocycles. The molecule has 0 aliphatic carbocycles. The summed E-state index contributed by atoms with van der Waals surface area (Å²) in [7, 11) is 0. The molecule has 7 heteroatoms. The summed E-state index contributed by atoms with van der Waals surface area (Å²) >= 11 is 1.14. The Morgan fingerprint density at radius 1 is 1.45 bits per heavy atom. The molecule has 1 aliphatic rings. The van der Waals surface area contributed by atoms with E-state index in [1.54, 1.807) is 13.0 Å². The van der Waals surface area contributed by atoms with E-state index in [0.29, 0.717) is 16.1 Å². The maximum absolute atomic E-state index is 12.1. The average Bonchev–Trinajstić information content (AvgIpc) is 3.00. The number of aromatic nitrogens is 1. The normalized spacial score (nSPS) is 14.8. The molecule has 112 valence electrons. The van der Waals surface area contributed by atoms with Crippen molar-refractivity contribution in [3.05, 3.63) is 34.7 Å². The highest BCUT2D eigenvalue weighted by atomic mass is 32.1. The van der Waals surface area contributed by atoms with E-state index in [1.165, 1.54) is 0 Å². The second kappa shape index (κ2) is 5.61. The minimum atomic E-state index is -0.498. The first-order chi connectivity index (χ1) is 10.6. The van der Waals surface area contributed by atoms with Crippen LogP contribution in [0.1, 0.15) is 17.4 Å². The maximum Gasteiger partial charge on any atom is 0.357 e. The molecule has 0 amide bonds. The molecule has 0 bridgehead atoms. The molecule has 0 fully saturated rings. The van der Waals surface area contributed by atoms with Gasteiger partial charge in [-0.1, -0.05) is 29.5 Å². The van der Waals surface area contributed by atoms with Gasteiger partial charge in [-0.05, 0) is 19.1 Å². The Morgan fingerprint density at radius 3 is 2.91 bits per heavy atom. The third kappa shape index (κ3) is 2.46. The van der Waals surface area contributed by atoms with Crippen LogP contribution in [0.5, 0.6) is 5.88 Å². The summed E-state index contributed by atoms with van der Waals surface area (Å²) in [4.78, 5) is 20.7. The molecule has 0 spiro atoms. The molecule has 1 aromatic heterocycles. The molecule has 3 rings (SSSR count). The van der Waals surface area contributed by atoms with E-state index in [9.17, 15) is 9.90 Å². The third-order valence-electron chi connectivity index (χ3n) is 3.08. The predicted octanol–water partition coefficient (Wildman–Crippen LogP) is 2.62. The summed E-state index contributed by atoms with van der Waals surface area (Å²) in [6.45, 7) is 2.00. The number of rotatable bonds is 3. The molecular weight excluding hydrogens is 302 g/mol. The van der Waals surface area contributed by atoms with E-state index in [0.717, 1.165) is 16.9 Å². The van der Waals surface area contributed by atoms with Crippen molar-refractivity contribution in [1.29, 1.82) is 0 Å². The number of aromatic hydroxyl groups is 1. The number of anilines is 1. The fraction of sp³-hybridized carbons (Fsp3) is 0.133. The Hall–Kier alpha value is -2.67. The number of carbonyl (C=O) groups is 1. The zero-order valence-electron chi connectivity index (χ0n) is 11.7. The van der Waals surface area contributed by atoms with E-state index in [-0.39, 0.29) is 23.3 Å². The van der Waals surface area contributed by atoms with Gasteiger partial charge in [0.15, 0.2) is 10.8 Å². The Bertz CT molecular complexity index is 808. The number of carbonyl (C=O) groups excluding carboxylic acids is 1. The molecule has 6 nitrogen and oxygen atoms in total. The number of fused-ring (bicyclic) bond motifs is 1. The van der Waals surface area contributed by atoms with Gasteiger partial charge in [-0.15, -0.1) is 0 Å². The van der Waals surface area contributed by atoms with Crippen molar-refractivity contribution >= 4 is 45.5 Å². The largest absolute Gasteiger partial charge is 0.492 e. The van der Waals surface area contributed by atoms with Crippen LogP contribution in [0, 0.1) is 0 Å². The lowest BCUT2D eigenvalue weighted by Gasteiger charge is -2.04. The van der Waals surface area contributed by atoms with Crippen molar-refractivity contribution in [3.63, 3.8) is 0 Å². The molecule has 0 atom stereocenters. The number of nitrogens with zero attached hydrogens (tertiary/aromatic N) is 2. The minimum absolute atomic E-state index is 0.164. The lowest BCUT2D eigenvalue weighted by atomic mass is 10.0. The van der Waals surface area contributed by atoms with Crippen molar-refractivity contribution in [2.75, 3.05) is 12.3 Å². The smallest absolute Gasteiger partial charge is 0.357 e. The number of esters is 1. The lowest BCUT2D eigenvalue weighted by molar-refractivity contribution is -0.134. The van der Waals surface area contributed by atoms with Crippen LogP contribution in [-0.2, 0) is 9.53 Å². The first-order valence-corrected chi connectivity index (χ1v) is 7.44. The quantitative estimate of drug-likeness (QED) is 0.848. The second-order valence-corrected chi connectivity index (χ2v) is 5.56. The number of hydrogen-bond donors (Lipinski definition) is 2. The monoisotopic (exact) mass is 315 g/mol. The Kier molecular flexibility index (Phi) is 3.64. The topological polar surface area (TPSA) is 97.8 Å². The molecule has 2 aromatic rings. The van der Waals surface area contributed by atoms with Crippen molar-refractivity contribution < 1.29 is 14.6 Å². The number of nitrogens with two attached hydrogens (primary N) is 1. The highest BCUT2D eigenvalue weighted by Gasteiger charge is 2.27. The molecule has 0 unspecified atom stereocenters. The average molecular weight is 315 g/mol. The van der Waals surface area contributed by atoms with E-state index < -0.39 is 5.97 Å². The summed E-state index contributed by atoms with van der Waals surface area (Å²) in [5.41, 5.74) is 7.89. The molecule has 1 aliphatic heterocycles. The van der Waals surface area contributed by atoms with Gasteiger partial charge < -0.3 is 15.6 Å². The zero-order chi connectivity index (χ0) is 15.7. The first kappa shape index (κ1) is 14.3. The fourth-order valence-electron chi connectivity index (χ4n) is 2.17.